The van der Waals surface area contributed by atoms with Crippen molar-refractivity contribution in [1.29, 1.82) is 0 Å². The van der Waals surface area contributed by atoms with E-state index < -0.39 is 0 Å². The quantitative estimate of drug-likeness (QED) is 0.634. The van der Waals surface area contributed by atoms with Crippen molar-refractivity contribution >= 4 is 0 Å². The van der Waals surface area contributed by atoms with Crippen LogP contribution in [-0.4, -0.2) is 52.2 Å². The SMILES string of the molecule is COCCOCC(C)NC(C)C1CCOC1. The average molecular weight is 231 g/mol. The van der Waals surface area contributed by atoms with Gasteiger partial charge in [-0.25, -0.2) is 0 Å². The third-order valence-corrected chi connectivity index (χ3v) is 3.02. The first-order valence-corrected chi connectivity index (χ1v) is 6.14. The molecular weight excluding hydrogens is 206 g/mol. The summed E-state index contributed by atoms with van der Waals surface area (Å²) in [6, 6.07) is 0.885. The summed E-state index contributed by atoms with van der Waals surface area (Å²) in [6.07, 6.45) is 1.17. The van der Waals surface area contributed by atoms with Crippen molar-refractivity contribution < 1.29 is 14.2 Å². The highest BCUT2D eigenvalue weighted by Crippen LogP contribution is 2.16. The minimum absolute atomic E-state index is 0.382. The summed E-state index contributed by atoms with van der Waals surface area (Å²) in [4.78, 5) is 0. The van der Waals surface area contributed by atoms with Crippen LogP contribution in [0.15, 0.2) is 0 Å². The zero-order valence-corrected chi connectivity index (χ0v) is 10.7. The number of rotatable bonds is 8. The Morgan fingerprint density at radius 3 is 2.81 bits per heavy atom. The molecule has 1 saturated heterocycles. The molecule has 1 aliphatic heterocycles. The Bertz CT molecular complexity index is 172. The van der Waals surface area contributed by atoms with Gasteiger partial charge in [-0.15, -0.1) is 0 Å². The summed E-state index contributed by atoms with van der Waals surface area (Å²) in [5, 5.41) is 3.55. The van der Waals surface area contributed by atoms with Crippen LogP contribution in [0.25, 0.3) is 0 Å². The second kappa shape index (κ2) is 8.01. The average Bonchev–Trinajstić information content (AvgIpc) is 2.77. The fourth-order valence-electron chi connectivity index (χ4n) is 1.98. The molecule has 1 fully saturated rings. The van der Waals surface area contributed by atoms with Gasteiger partial charge >= 0.3 is 0 Å². The van der Waals surface area contributed by atoms with Crippen LogP contribution >= 0.6 is 0 Å². The standard InChI is InChI=1S/C12H25NO3/c1-10(8-16-7-6-14-3)13-11(2)12-4-5-15-9-12/h10-13H,4-9H2,1-3H3. The molecule has 3 atom stereocenters. The summed E-state index contributed by atoms with van der Waals surface area (Å²) >= 11 is 0. The van der Waals surface area contributed by atoms with E-state index in [0.717, 1.165) is 19.8 Å². The predicted molar refractivity (Wildman–Crippen MR) is 63.7 cm³/mol. The fraction of sp³-hybridized carbons (Fsp3) is 1.00. The molecule has 1 rings (SSSR count). The summed E-state index contributed by atoms with van der Waals surface area (Å²) < 4.78 is 15.8. The summed E-state index contributed by atoms with van der Waals surface area (Å²) in [7, 11) is 1.69. The van der Waals surface area contributed by atoms with Crippen molar-refractivity contribution in [2.45, 2.75) is 32.4 Å². The highest BCUT2D eigenvalue weighted by Gasteiger charge is 2.22. The maximum absolute atomic E-state index is 5.48. The molecule has 0 aromatic carbocycles. The maximum atomic E-state index is 5.48. The van der Waals surface area contributed by atoms with Crippen LogP contribution in [0.2, 0.25) is 0 Å². The van der Waals surface area contributed by atoms with Gasteiger partial charge in [-0.3, -0.25) is 0 Å². The Kier molecular flexibility index (Phi) is 6.96. The smallest absolute Gasteiger partial charge is 0.0701 e. The van der Waals surface area contributed by atoms with Crippen LogP contribution in [0.5, 0.6) is 0 Å². The van der Waals surface area contributed by atoms with E-state index in [-0.39, 0.29) is 0 Å². The van der Waals surface area contributed by atoms with Crippen molar-refractivity contribution in [3.8, 4) is 0 Å². The zero-order chi connectivity index (χ0) is 11.8. The minimum atomic E-state index is 0.382. The van der Waals surface area contributed by atoms with E-state index in [1.165, 1.54) is 6.42 Å². The van der Waals surface area contributed by atoms with Gasteiger partial charge in [0.05, 0.1) is 26.4 Å². The van der Waals surface area contributed by atoms with Gasteiger partial charge in [0.15, 0.2) is 0 Å². The van der Waals surface area contributed by atoms with Crippen LogP contribution in [0.3, 0.4) is 0 Å². The van der Waals surface area contributed by atoms with Crippen LogP contribution in [0.4, 0.5) is 0 Å². The molecule has 3 unspecified atom stereocenters. The minimum Gasteiger partial charge on any atom is -0.382 e. The number of hydrogen-bond donors (Lipinski definition) is 1. The lowest BCUT2D eigenvalue weighted by Crippen LogP contribution is -2.42. The molecule has 4 nitrogen and oxygen atoms in total. The second-order valence-corrected chi connectivity index (χ2v) is 4.55. The molecule has 96 valence electrons. The molecule has 0 amide bonds. The molecule has 0 bridgehead atoms. The lowest BCUT2D eigenvalue weighted by Gasteiger charge is -2.23. The largest absolute Gasteiger partial charge is 0.382 e. The van der Waals surface area contributed by atoms with Crippen molar-refractivity contribution in [3.63, 3.8) is 0 Å². The van der Waals surface area contributed by atoms with E-state index in [9.17, 15) is 0 Å². The lowest BCUT2D eigenvalue weighted by molar-refractivity contribution is 0.0581. The molecule has 0 radical (unpaired) electrons. The van der Waals surface area contributed by atoms with Gasteiger partial charge in [0.25, 0.3) is 0 Å². The van der Waals surface area contributed by atoms with Crippen molar-refractivity contribution in [2.75, 3.05) is 40.1 Å². The first-order chi connectivity index (χ1) is 7.74. The molecule has 0 saturated carbocycles. The topological polar surface area (TPSA) is 39.7 Å². The molecule has 16 heavy (non-hydrogen) atoms. The van der Waals surface area contributed by atoms with Crippen molar-refractivity contribution in [3.05, 3.63) is 0 Å². The molecule has 0 spiro atoms. The summed E-state index contributed by atoms with van der Waals surface area (Å²) in [5.74, 6) is 0.654. The third kappa shape index (κ3) is 5.25. The molecule has 0 aromatic rings. The third-order valence-electron chi connectivity index (χ3n) is 3.02. The Morgan fingerprint density at radius 1 is 1.38 bits per heavy atom. The maximum Gasteiger partial charge on any atom is 0.0701 e. The van der Waals surface area contributed by atoms with Gasteiger partial charge in [0.2, 0.25) is 0 Å². The van der Waals surface area contributed by atoms with Crippen LogP contribution < -0.4 is 5.32 Å². The highest BCUT2D eigenvalue weighted by molar-refractivity contribution is 4.77. The lowest BCUT2D eigenvalue weighted by atomic mass is 10.0. The number of nitrogens with one attached hydrogen (secondary N) is 1. The van der Waals surface area contributed by atoms with Gasteiger partial charge in [0, 0.05) is 25.8 Å². The normalized spacial score (nSPS) is 24.6. The molecule has 1 heterocycles. The summed E-state index contributed by atoms with van der Waals surface area (Å²) in [5.41, 5.74) is 0. The van der Waals surface area contributed by atoms with E-state index in [2.05, 4.69) is 19.2 Å². The molecule has 0 aromatic heterocycles. The van der Waals surface area contributed by atoms with Crippen LogP contribution in [-0.2, 0) is 14.2 Å². The van der Waals surface area contributed by atoms with Gasteiger partial charge in [-0.05, 0) is 26.2 Å². The van der Waals surface area contributed by atoms with Gasteiger partial charge in [-0.1, -0.05) is 0 Å². The number of methoxy groups -OCH3 is 1. The van der Waals surface area contributed by atoms with Crippen LogP contribution in [0.1, 0.15) is 20.3 Å². The second-order valence-electron chi connectivity index (χ2n) is 4.55. The van der Waals surface area contributed by atoms with E-state index in [1.54, 1.807) is 7.11 Å². The van der Waals surface area contributed by atoms with Crippen molar-refractivity contribution in [1.82, 2.24) is 5.32 Å². The van der Waals surface area contributed by atoms with E-state index in [4.69, 9.17) is 14.2 Å². The van der Waals surface area contributed by atoms with Gasteiger partial charge < -0.3 is 19.5 Å². The Labute approximate surface area is 98.6 Å². The van der Waals surface area contributed by atoms with E-state index in [0.29, 0.717) is 31.2 Å². The van der Waals surface area contributed by atoms with E-state index >= 15 is 0 Å². The Morgan fingerprint density at radius 2 is 2.19 bits per heavy atom. The Hall–Kier alpha value is -0.160. The predicted octanol–water partition coefficient (Wildman–Crippen LogP) is 1.05. The van der Waals surface area contributed by atoms with Crippen LogP contribution in [0, 0.1) is 5.92 Å². The van der Waals surface area contributed by atoms with Gasteiger partial charge in [0.1, 0.15) is 0 Å². The molecule has 4 heteroatoms. The first-order valence-electron chi connectivity index (χ1n) is 6.14. The first kappa shape index (κ1) is 13.9. The van der Waals surface area contributed by atoms with Gasteiger partial charge in [-0.2, -0.15) is 0 Å². The summed E-state index contributed by atoms with van der Waals surface area (Å²) in [6.45, 7) is 8.26. The fourth-order valence-corrected chi connectivity index (χ4v) is 1.98. The monoisotopic (exact) mass is 231 g/mol. The Balaban J connectivity index is 2.05. The number of ether oxygens (including phenoxy) is 3. The molecule has 0 aliphatic carbocycles. The molecule has 1 N–H and O–H groups in total. The van der Waals surface area contributed by atoms with E-state index in [1.807, 2.05) is 0 Å². The van der Waals surface area contributed by atoms with Crippen molar-refractivity contribution in [2.24, 2.45) is 5.92 Å². The number of hydrogen-bond acceptors (Lipinski definition) is 4. The molecule has 1 aliphatic rings. The zero-order valence-electron chi connectivity index (χ0n) is 10.7. The highest BCUT2D eigenvalue weighted by atomic mass is 16.5. The molecular formula is C12H25NO3.